The predicted octanol–water partition coefficient (Wildman–Crippen LogP) is -0.526. The number of carbonyl (C=O) groups excluding carboxylic acids is 1. The van der Waals surface area contributed by atoms with Gasteiger partial charge in [-0.2, -0.15) is 0 Å². The van der Waals surface area contributed by atoms with Crippen molar-refractivity contribution in [2.45, 2.75) is 18.9 Å². The molecule has 1 rings (SSSR count). The summed E-state index contributed by atoms with van der Waals surface area (Å²) >= 11 is 0. The second kappa shape index (κ2) is 8.32. The molecule has 1 saturated heterocycles. The lowest BCUT2D eigenvalue weighted by atomic mass is 10.3. The first-order valence-electron chi connectivity index (χ1n) is 5.63. The molecule has 16 heavy (non-hydrogen) atoms. The SMILES string of the molecule is O=C(NCCCOCCO)NC1CCOC1. The molecule has 6 nitrogen and oxygen atoms in total. The van der Waals surface area contributed by atoms with E-state index in [2.05, 4.69) is 10.6 Å². The number of aliphatic hydroxyl groups is 1. The smallest absolute Gasteiger partial charge is 0.315 e. The minimum absolute atomic E-state index is 0.0373. The van der Waals surface area contributed by atoms with Crippen molar-refractivity contribution >= 4 is 6.03 Å². The predicted molar refractivity (Wildman–Crippen MR) is 58.3 cm³/mol. The zero-order valence-electron chi connectivity index (χ0n) is 9.41. The van der Waals surface area contributed by atoms with Gasteiger partial charge in [0, 0.05) is 19.8 Å². The summed E-state index contributed by atoms with van der Waals surface area (Å²) in [4.78, 5) is 11.3. The van der Waals surface area contributed by atoms with Crippen LogP contribution in [0.1, 0.15) is 12.8 Å². The minimum atomic E-state index is -0.155. The van der Waals surface area contributed by atoms with Gasteiger partial charge in [0.1, 0.15) is 0 Å². The molecule has 0 radical (unpaired) electrons. The largest absolute Gasteiger partial charge is 0.394 e. The highest BCUT2D eigenvalue weighted by Crippen LogP contribution is 2.02. The van der Waals surface area contributed by atoms with Gasteiger partial charge in [0.25, 0.3) is 0 Å². The van der Waals surface area contributed by atoms with Crippen LogP contribution in [-0.4, -0.2) is 56.8 Å². The van der Waals surface area contributed by atoms with E-state index in [1.165, 1.54) is 0 Å². The van der Waals surface area contributed by atoms with Crippen molar-refractivity contribution < 1.29 is 19.4 Å². The summed E-state index contributed by atoms with van der Waals surface area (Å²) in [6, 6.07) is -0.0108. The monoisotopic (exact) mass is 232 g/mol. The molecule has 94 valence electrons. The van der Waals surface area contributed by atoms with Crippen LogP contribution in [-0.2, 0) is 9.47 Å². The number of amides is 2. The van der Waals surface area contributed by atoms with Gasteiger partial charge >= 0.3 is 6.03 Å². The summed E-state index contributed by atoms with van der Waals surface area (Å²) in [5.74, 6) is 0. The highest BCUT2D eigenvalue weighted by Gasteiger charge is 2.16. The van der Waals surface area contributed by atoms with Gasteiger partial charge in [0.15, 0.2) is 0 Å². The molecular formula is C10H20N2O4. The van der Waals surface area contributed by atoms with Crippen molar-refractivity contribution in [2.75, 3.05) is 39.6 Å². The molecule has 0 spiro atoms. The topological polar surface area (TPSA) is 79.8 Å². The number of rotatable bonds is 7. The van der Waals surface area contributed by atoms with E-state index in [1.807, 2.05) is 0 Å². The Balaban J connectivity index is 1.89. The van der Waals surface area contributed by atoms with Crippen molar-refractivity contribution in [1.82, 2.24) is 10.6 Å². The number of aliphatic hydroxyl groups excluding tert-OH is 1. The quantitative estimate of drug-likeness (QED) is 0.516. The van der Waals surface area contributed by atoms with Crippen LogP contribution in [0.25, 0.3) is 0 Å². The summed E-state index contributed by atoms with van der Waals surface area (Å²) in [6.07, 6.45) is 1.63. The molecule has 1 atom stereocenters. The molecule has 3 N–H and O–H groups in total. The molecule has 0 bridgehead atoms. The van der Waals surface area contributed by atoms with Crippen LogP contribution in [0.2, 0.25) is 0 Å². The van der Waals surface area contributed by atoms with Crippen LogP contribution in [0.5, 0.6) is 0 Å². The zero-order valence-corrected chi connectivity index (χ0v) is 9.41. The number of hydrogen-bond acceptors (Lipinski definition) is 4. The standard InChI is InChI=1S/C10H20N2O4/c13-4-7-15-5-1-3-11-10(14)12-9-2-6-16-8-9/h9,13H,1-8H2,(H2,11,12,14). The summed E-state index contributed by atoms with van der Waals surface area (Å²) in [6.45, 7) is 2.84. The number of urea groups is 1. The lowest BCUT2D eigenvalue weighted by Crippen LogP contribution is -2.42. The van der Waals surface area contributed by atoms with E-state index in [9.17, 15) is 4.79 Å². The van der Waals surface area contributed by atoms with E-state index in [1.54, 1.807) is 0 Å². The molecular weight excluding hydrogens is 212 g/mol. The molecule has 6 heteroatoms. The molecule has 0 aromatic rings. The average Bonchev–Trinajstić information content (AvgIpc) is 2.76. The number of ether oxygens (including phenoxy) is 2. The average molecular weight is 232 g/mol. The van der Waals surface area contributed by atoms with Crippen molar-refractivity contribution in [3.8, 4) is 0 Å². The summed E-state index contributed by atoms with van der Waals surface area (Å²) in [7, 11) is 0. The van der Waals surface area contributed by atoms with Gasteiger partial charge in [-0.3, -0.25) is 0 Å². The van der Waals surface area contributed by atoms with E-state index in [4.69, 9.17) is 14.6 Å². The Morgan fingerprint density at radius 1 is 1.50 bits per heavy atom. The van der Waals surface area contributed by atoms with Crippen LogP contribution >= 0.6 is 0 Å². The maximum atomic E-state index is 11.3. The first-order valence-corrected chi connectivity index (χ1v) is 5.63. The van der Waals surface area contributed by atoms with Crippen LogP contribution in [0.4, 0.5) is 4.79 Å². The normalized spacial score (nSPS) is 19.7. The van der Waals surface area contributed by atoms with E-state index >= 15 is 0 Å². The molecule has 1 heterocycles. The van der Waals surface area contributed by atoms with Crippen LogP contribution in [0.3, 0.4) is 0 Å². The molecule has 0 aromatic heterocycles. The number of hydrogen-bond donors (Lipinski definition) is 3. The fraction of sp³-hybridized carbons (Fsp3) is 0.900. The van der Waals surface area contributed by atoms with Gasteiger partial charge < -0.3 is 25.2 Å². The first-order chi connectivity index (χ1) is 7.83. The van der Waals surface area contributed by atoms with Gasteiger partial charge in [0.05, 0.1) is 25.9 Å². The Labute approximate surface area is 95.3 Å². The minimum Gasteiger partial charge on any atom is -0.394 e. The maximum absolute atomic E-state index is 11.3. The van der Waals surface area contributed by atoms with Crippen LogP contribution < -0.4 is 10.6 Å². The Kier molecular flexibility index (Phi) is 6.87. The van der Waals surface area contributed by atoms with E-state index in [0.717, 1.165) is 19.4 Å². The molecule has 1 aliphatic heterocycles. The fourth-order valence-electron chi connectivity index (χ4n) is 1.43. The van der Waals surface area contributed by atoms with E-state index in [0.29, 0.717) is 26.4 Å². The molecule has 0 saturated carbocycles. The van der Waals surface area contributed by atoms with Gasteiger partial charge in [-0.15, -0.1) is 0 Å². The Morgan fingerprint density at radius 2 is 2.38 bits per heavy atom. The maximum Gasteiger partial charge on any atom is 0.315 e. The van der Waals surface area contributed by atoms with Gasteiger partial charge in [-0.1, -0.05) is 0 Å². The molecule has 1 unspecified atom stereocenters. The fourth-order valence-corrected chi connectivity index (χ4v) is 1.43. The third-order valence-corrected chi connectivity index (χ3v) is 2.25. The Bertz CT molecular complexity index is 195. The first kappa shape index (κ1) is 13.2. The van der Waals surface area contributed by atoms with E-state index in [-0.39, 0.29) is 18.7 Å². The van der Waals surface area contributed by atoms with Crippen LogP contribution in [0, 0.1) is 0 Å². The third kappa shape index (κ3) is 5.89. The third-order valence-electron chi connectivity index (χ3n) is 2.25. The van der Waals surface area contributed by atoms with E-state index < -0.39 is 0 Å². The highest BCUT2D eigenvalue weighted by atomic mass is 16.5. The zero-order chi connectivity index (χ0) is 11.6. The second-order valence-electron chi connectivity index (χ2n) is 3.65. The summed E-state index contributed by atoms with van der Waals surface area (Å²) in [5, 5.41) is 14.0. The van der Waals surface area contributed by atoms with Crippen molar-refractivity contribution in [3.63, 3.8) is 0 Å². The van der Waals surface area contributed by atoms with Gasteiger partial charge in [-0.25, -0.2) is 4.79 Å². The number of nitrogens with one attached hydrogen (secondary N) is 2. The number of carbonyl (C=O) groups is 1. The van der Waals surface area contributed by atoms with Crippen LogP contribution in [0.15, 0.2) is 0 Å². The highest BCUT2D eigenvalue weighted by molar-refractivity contribution is 5.74. The van der Waals surface area contributed by atoms with Gasteiger partial charge in [-0.05, 0) is 12.8 Å². The molecule has 0 aromatic carbocycles. The molecule has 2 amide bonds. The Morgan fingerprint density at radius 3 is 3.06 bits per heavy atom. The summed E-state index contributed by atoms with van der Waals surface area (Å²) in [5.41, 5.74) is 0. The molecule has 1 fully saturated rings. The van der Waals surface area contributed by atoms with Crippen molar-refractivity contribution in [1.29, 1.82) is 0 Å². The second-order valence-corrected chi connectivity index (χ2v) is 3.65. The van der Waals surface area contributed by atoms with Gasteiger partial charge in [0.2, 0.25) is 0 Å². The molecule has 0 aliphatic carbocycles. The Hall–Kier alpha value is -0.850. The van der Waals surface area contributed by atoms with Crippen molar-refractivity contribution in [2.24, 2.45) is 0 Å². The summed E-state index contributed by atoms with van der Waals surface area (Å²) < 4.78 is 10.2. The molecule has 1 aliphatic rings. The lowest BCUT2D eigenvalue weighted by Gasteiger charge is -2.11. The lowest BCUT2D eigenvalue weighted by molar-refractivity contribution is 0.0909. The van der Waals surface area contributed by atoms with Crippen molar-refractivity contribution in [3.05, 3.63) is 0 Å².